The number of hydrogen-bond acceptors (Lipinski definition) is 4. The Hall–Kier alpha value is -2.44. The first-order valence-electron chi connectivity index (χ1n) is 10.4. The summed E-state index contributed by atoms with van der Waals surface area (Å²) in [6.45, 7) is 8.27. The number of halogens is 1. The molecule has 0 aliphatic rings. The Labute approximate surface area is 190 Å². The number of benzene rings is 2. The molecule has 31 heavy (non-hydrogen) atoms. The minimum Gasteiger partial charge on any atom is -0.268 e. The van der Waals surface area contributed by atoms with Crippen LogP contribution in [0.15, 0.2) is 52.4 Å². The molecule has 2 aromatic carbocycles. The number of nitrogens with zero attached hydrogens (tertiary/aromatic N) is 2. The average molecular weight is 453 g/mol. The first-order valence-corrected chi connectivity index (χ1v) is 12.2. The largest absolute Gasteiger partial charge is 0.268 e. The highest BCUT2D eigenvalue weighted by molar-refractivity contribution is 7.98. The lowest BCUT2D eigenvalue weighted by Crippen LogP contribution is -2.21. The number of fused-ring (bicyclic) bond motifs is 1. The first kappa shape index (κ1) is 21.8. The van der Waals surface area contributed by atoms with Gasteiger partial charge in [-0.3, -0.25) is 9.36 Å². The SMILES string of the molecule is CCCc1sc2nc(SCc3cccc(F)c3)n(-c3ccc(C)c(C)c3)c(=O)c2c1C. The monoisotopic (exact) mass is 452 g/mol. The standard InChI is InChI=1S/C25H25FN2OS2/c1-5-7-21-17(4)22-23(31-21)27-25(30-14-18-8-6-9-19(26)13-18)28(24(22)29)20-11-10-15(2)16(3)12-20/h6,8-13H,5,7,14H2,1-4H3. The molecule has 2 heterocycles. The van der Waals surface area contributed by atoms with Crippen molar-refractivity contribution in [3.8, 4) is 5.69 Å². The minimum atomic E-state index is -0.258. The van der Waals surface area contributed by atoms with E-state index in [1.807, 2.05) is 38.1 Å². The smallest absolute Gasteiger partial charge is 0.267 e. The van der Waals surface area contributed by atoms with Crippen molar-refractivity contribution in [1.29, 1.82) is 0 Å². The van der Waals surface area contributed by atoms with Gasteiger partial charge in [-0.25, -0.2) is 9.37 Å². The molecule has 4 aromatic rings. The molecule has 0 bridgehead atoms. The summed E-state index contributed by atoms with van der Waals surface area (Å²) in [6.07, 6.45) is 1.97. The molecule has 0 radical (unpaired) electrons. The van der Waals surface area contributed by atoms with Crippen LogP contribution >= 0.6 is 23.1 Å². The zero-order valence-corrected chi connectivity index (χ0v) is 19.8. The van der Waals surface area contributed by atoms with Gasteiger partial charge in [0.2, 0.25) is 0 Å². The molecule has 0 aliphatic carbocycles. The lowest BCUT2D eigenvalue weighted by Gasteiger charge is -2.14. The molecule has 0 saturated carbocycles. The zero-order chi connectivity index (χ0) is 22.1. The maximum Gasteiger partial charge on any atom is 0.267 e. The minimum absolute atomic E-state index is 0.0360. The third-order valence-corrected chi connectivity index (χ3v) is 7.77. The van der Waals surface area contributed by atoms with Crippen LogP contribution in [0, 0.1) is 26.6 Å². The fourth-order valence-electron chi connectivity index (χ4n) is 3.64. The summed E-state index contributed by atoms with van der Waals surface area (Å²) in [7, 11) is 0. The van der Waals surface area contributed by atoms with E-state index in [1.165, 1.54) is 34.3 Å². The van der Waals surface area contributed by atoms with E-state index in [4.69, 9.17) is 4.98 Å². The van der Waals surface area contributed by atoms with Gasteiger partial charge in [0.25, 0.3) is 5.56 Å². The molecule has 0 N–H and O–H groups in total. The molecule has 3 nitrogen and oxygen atoms in total. The van der Waals surface area contributed by atoms with Gasteiger partial charge in [0.1, 0.15) is 10.6 Å². The molecule has 4 rings (SSSR count). The number of thioether (sulfide) groups is 1. The van der Waals surface area contributed by atoms with Crippen LogP contribution in [0.3, 0.4) is 0 Å². The Bertz CT molecular complexity index is 1320. The van der Waals surface area contributed by atoms with Crippen molar-refractivity contribution < 1.29 is 4.39 Å². The third kappa shape index (κ3) is 4.32. The molecule has 2 aromatic heterocycles. The normalized spacial score (nSPS) is 11.4. The number of hydrogen-bond donors (Lipinski definition) is 0. The van der Waals surface area contributed by atoms with Crippen molar-refractivity contribution in [3.05, 3.63) is 85.8 Å². The second-order valence-corrected chi connectivity index (χ2v) is 9.83. The number of aryl methyl sites for hydroxylation is 4. The van der Waals surface area contributed by atoms with Crippen molar-refractivity contribution in [2.24, 2.45) is 0 Å². The Morgan fingerprint density at radius 1 is 1.10 bits per heavy atom. The van der Waals surface area contributed by atoms with Crippen LogP contribution in [-0.2, 0) is 12.2 Å². The molecule has 0 atom stereocenters. The molecule has 0 unspecified atom stereocenters. The molecule has 6 heteroatoms. The molecule has 0 spiro atoms. The highest BCUT2D eigenvalue weighted by Gasteiger charge is 2.19. The Balaban J connectivity index is 1.89. The van der Waals surface area contributed by atoms with Crippen LogP contribution < -0.4 is 5.56 Å². The first-order chi connectivity index (χ1) is 14.9. The Kier molecular flexibility index (Phi) is 6.30. The van der Waals surface area contributed by atoms with Crippen molar-refractivity contribution >= 4 is 33.3 Å². The molecular weight excluding hydrogens is 427 g/mol. The molecule has 0 saturated heterocycles. The quantitative estimate of drug-likeness (QED) is 0.240. The van der Waals surface area contributed by atoms with Gasteiger partial charge in [-0.2, -0.15) is 0 Å². The van der Waals surface area contributed by atoms with Crippen molar-refractivity contribution in [1.82, 2.24) is 9.55 Å². The summed E-state index contributed by atoms with van der Waals surface area (Å²) < 4.78 is 15.3. The van der Waals surface area contributed by atoms with Crippen molar-refractivity contribution in [2.45, 2.75) is 51.4 Å². The highest BCUT2D eigenvalue weighted by Crippen LogP contribution is 2.32. The molecular formula is C25H25FN2OS2. The van der Waals surface area contributed by atoms with E-state index in [0.29, 0.717) is 16.3 Å². The maximum atomic E-state index is 13.7. The predicted molar refractivity (Wildman–Crippen MR) is 129 cm³/mol. The van der Waals surface area contributed by atoms with E-state index in [-0.39, 0.29) is 11.4 Å². The van der Waals surface area contributed by atoms with E-state index in [9.17, 15) is 9.18 Å². The Morgan fingerprint density at radius 2 is 1.90 bits per heavy atom. The second-order valence-electron chi connectivity index (χ2n) is 7.80. The van der Waals surface area contributed by atoms with Crippen LogP contribution in [0.5, 0.6) is 0 Å². The van der Waals surface area contributed by atoms with Crippen LogP contribution in [0.1, 0.15) is 40.5 Å². The fraction of sp³-hybridized carbons (Fsp3) is 0.280. The van der Waals surface area contributed by atoms with Gasteiger partial charge in [-0.1, -0.05) is 43.3 Å². The average Bonchev–Trinajstić information content (AvgIpc) is 3.05. The molecule has 0 amide bonds. The maximum absolute atomic E-state index is 13.7. The lowest BCUT2D eigenvalue weighted by atomic mass is 10.1. The van der Waals surface area contributed by atoms with Crippen molar-refractivity contribution in [2.75, 3.05) is 0 Å². The summed E-state index contributed by atoms with van der Waals surface area (Å²) >= 11 is 3.08. The Morgan fingerprint density at radius 3 is 2.61 bits per heavy atom. The van der Waals surface area contributed by atoms with Crippen LogP contribution in [-0.4, -0.2) is 9.55 Å². The van der Waals surface area contributed by atoms with Gasteiger partial charge in [0, 0.05) is 10.6 Å². The second kappa shape index (κ2) is 8.97. The molecule has 0 fully saturated rings. The summed E-state index contributed by atoms with van der Waals surface area (Å²) in [5, 5.41) is 1.34. The van der Waals surface area contributed by atoms with Crippen LogP contribution in [0.4, 0.5) is 4.39 Å². The van der Waals surface area contributed by atoms with E-state index >= 15 is 0 Å². The molecule has 160 valence electrons. The number of thiophene rings is 1. The summed E-state index contributed by atoms with van der Waals surface area (Å²) in [5.74, 6) is 0.276. The summed E-state index contributed by atoms with van der Waals surface area (Å²) in [6, 6.07) is 12.6. The van der Waals surface area contributed by atoms with Crippen molar-refractivity contribution in [3.63, 3.8) is 0 Å². The zero-order valence-electron chi connectivity index (χ0n) is 18.2. The van der Waals surface area contributed by atoms with Gasteiger partial charge in [0.15, 0.2) is 5.16 Å². The van der Waals surface area contributed by atoms with Gasteiger partial charge in [-0.05, 0) is 73.7 Å². The number of rotatable bonds is 6. The van der Waals surface area contributed by atoms with Gasteiger partial charge >= 0.3 is 0 Å². The van der Waals surface area contributed by atoms with Gasteiger partial charge < -0.3 is 0 Å². The van der Waals surface area contributed by atoms with Gasteiger partial charge in [-0.15, -0.1) is 11.3 Å². The topological polar surface area (TPSA) is 34.9 Å². The van der Waals surface area contributed by atoms with Crippen LogP contribution in [0.2, 0.25) is 0 Å². The molecule has 0 aliphatic heterocycles. The van der Waals surface area contributed by atoms with E-state index in [2.05, 4.69) is 13.8 Å². The van der Waals surface area contributed by atoms with E-state index in [0.717, 1.165) is 40.0 Å². The predicted octanol–water partition coefficient (Wildman–Crippen LogP) is 6.76. The fourth-order valence-corrected chi connectivity index (χ4v) is 5.92. The lowest BCUT2D eigenvalue weighted by molar-refractivity contribution is 0.626. The highest BCUT2D eigenvalue weighted by atomic mass is 32.2. The summed E-state index contributed by atoms with van der Waals surface area (Å²) in [5.41, 5.74) is 4.98. The van der Waals surface area contributed by atoms with Gasteiger partial charge in [0.05, 0.1) is 11.1 Å². The summed E-state index contributed by atoms with van der Waals surface area (Å²) in [4.78, 5) is 20.6. The van der Waals surface area contributed by atoms with E-state index < -0.39 is 0 Å². The third-order valence-electron chi connectivity index (χ3n) is 5.52. The van der Waals surface area contributed by atoms with Crippen LogP contribution in [0.25, 0.3) is 15.9 Å². The number of aromatic nitrogens is 2. The van der Waals surface area contributed by atoms with E-state index in [1.54, 1.807) is 22.0 Å².